The highest BCUT2D eigenvalue weighted by molar-refractivity contribution is 5.91. The van der Waals surface area contributed by atoms with E-state index in [0.717, 1.165) is 16.9 Å². The number of hydrogen-bond acceptors (Lipinski definition) is 4. The molecule has 3 aromatic heterocycles. The summed E-state index contributed by atoms with van der Waals surface area (Å²) < 4.78 is 17.0. The van der Waals surface area contributed by atoms with E-state index in [9.17, 15) is 9.18 Å². The third-order valence-corrected chi connectivity index (χ3v) is 4.16. The number of carbonyl (C=O) groups is 1. The van der Waals surface area contributed by atoms with E-state index in [1.165, 1.54) is 16.9 Å². The number of pyridine rings is 1. The Bertz CT molecular complexity index is 1120. The summed E-state index contributed by atoms with van der Waals surface area (Å²) in [6, 6.07) is 10.4. The SMILES string of the molecule is Cc1ccn2cc(CNC(=O)c3cn(Cc4ccccc4F)nn3)nc2c1. The Morgan fingerprint density at radius 3 is 2.93 bits per heavy atom. The minimum Gasteiger partial charge on any atom is -0.345 e. The van der Waals surface area contributed by atoms with Crippen LogP contribution in [0.2, 0.25) is 0 Å². The normalized spacial score (nSPS) is 11.0. The zero-order chi connectivity index (χ0) is 18.8. The van der Waals surface area contributed by atoms with Crippen LogP contribution >= 0.6 is 0 Å². The monoisotopic (exact) mass is 364 g/mol. The molecule has 1 amide bonds. The number of nitrogens with one attached hydrogen (secondary N) is 1. The highest BCUT2D eigenvalue weighted by Gasteiger charge is 2.12. The van der Waals surface area contributed by atoms with Crippen LogP contribution in [0.25, 0.3) is 5.65 Å². The van der Waals surface area contributed by atoms with E-state index in [-0.39, 0.29) is 30.5 Å². The topological polar surface area (TPSA) is 77.1 Å². The van der Waals surface area contributed by atoms with Crippen molar-refractivity contribution in [1.29, 1.82) is 0 Å². The molecule has 3 heterocycles. The van der Waals surface area contributed by atoms with Gasteiger partial charge in [-0.2, -0.15) is 0 Å². The number of carbonyl (C=O) groups excluding carboxylic acids is 1. The van der Waals surface area contributed by atoms with E-state index in [1.54, 1.807) is 18.2 Å². The van der Waals surface area contributed by atoms with Crippen LogP contribution in [-0.2, 0) is 13.1 Å². The molecule has 1 N–H and O–H groups in total. The molecular formula is C19H17FN6O. The van der Waals surface area contributed by atoms with Gasteiger partial charge in [0.25, 0.3) is 5.91 Å². The molecule has 4 aromatic rings. The molecule has 0 saturated heterocycles. The second kappa shape index (κ2) is 6.99. The molecule has 136 valence electrons. The molecule has 1 aromatic carbocycles. The fourth-order valence-corrected chi connectivity index (χ4v) is 2.76. The van der Waals surface area contributed by atoms with Crippen LogP contribution in [0.4, 0.5) is 4.39 Å². The van der Waals surface area contributed by atoms with Gasteiger partial charge < -0.3 is 9.72 Å². The Labute approximate surface area is 154 Å². The van der Waals surface area contributed by atoms with Crippen LogP contribution < -0.4 is 5.32 Å². The Kier molecular flexibility index (Phi) is 4.37. The van der Waals surface area contributed by atoms with Gasteiger partial charge in [-0.05, 0) is 30.7 Å². The average Bonchev–Trinajstić information content (AvgIpc) is 3.28. The molecule has 0 bridgehead atoms. The third-order valence-electron chi connectivity index (χ3n) is 4.16. The van der Waals surface area contributed by atoms with Gasteiger partial charge in [-0.25, -0.2) is 14.1 Å². The molecule has 0 unspecified atom stereocenters. The molecule has 0 aliphatic rings. The van der Waals surface area contributed by atoms with E-state index >= 15 is 0 Å². The average molecular weight is 364 g/mol. The van der Waals surface area contributed by atoms with Crippen molar-refractivity contribution in [2.45, 2.75) is 20.0 Å². The van der Waals surface area contributed by atoms with Crippen molar-refractivity contribution in [1.82, 2.24) is 29.7 Å². The zero-order valence-corrected chi connectivity index (χ0v) is 14.6. The first kappa shape index (κ1) is 16.9. The smallest absolute Gasteiger partial charge is 0.273 e. The van der Waals surface area contributed by atoms with E-state index < -0.39 is 0 Å². The molecule has 0 spiro atoms. The summed E-state index contributed by atoms with van der Waals surface area (Å²) in [7, 11) is 0. The first-order valence-electron chi connectivity index (χ1n) is 8.44. The lowest BCUT2D eigenvalue weighted by atomic mass is 10.2. The number of fused-ring (bicyclic) bond motifs is 1. The lowest BCUT2D eigenvalue weighted by Crippen LogP contribution is -2.23. The Balaban J connectivity index is 1.41. The number of nitrogens with zero attached hydrogens (tertiary/aromatic N) is 5. The van der Waals surface area contributed by atoms with Gasteiger partial charge in [0.2, 0.25) is 0 Å². The minimum atomic E-state index is -0.358. The summed E-state index contributed by atoms with van der Waals surface area (Å²) in [5.41, 5.74) is 3.35. The van der Waals surface area contributed by atoms with Crippen LogP contribution in [0.15, 0.2) is 55.0 Å². The highest BCUT2D eigenvalue weighted by atomic mass is 19.1. The van der Waals surface area contributed by atoms with Gasteiger partial charge in [0.1, 0.15) is 11.5 Å². The quantitative estimate of drug-likeness (QED) is 0.590. The van der Waals surface area contributed by atoms with E-state index in [4.69, 9.17) is 0 Å². The predicted octanol–water partition coefficient (Wildman–Crippen LogP) is 2.35. The number of benzene rings is 1. The molecule has 0 fully saturated rings. The second-order valence-electron chi connectivity index (χ2n) is 6.28. The second-order valence-corrected chi connectivity index (χ2v) is 6.28. The molecule has 0 radical (unpaired) electrons. The maximum atomic E-state index is 13.7. The van der Waals surface area contributed by atoms with Crippen molar-refractivity contribution in [2.24, 2.45) is 0 Å². The number of hydrogen-bond donors (Lipinski definition) is 1. The maximum absolute atomic E-state index is 13.7. The molecule has 0 saturated carbocycles. The predicted molar refractivity (Wildman–Crippen MR) is 96.6 cm³/mol. The van der Waals surface area contributed by atoms with E-state index in [1.807, 2.05) is 35.9 Å². The lowest BCUT2D eigenvalue weighted by molar-refractivity contribution is 0.0945. The van der Waals surface area contributed by atoms with Gasteiger partial charge in [0.15, 0.2) is 5.69 Å². The highest BCUT2D eigenvalue weighted by Crippen LogP contribution is 2.09. The largest absolute Gasteiger partial charge is 0.345 e. The van der Waals surface area contributed by atoms with Gasteiger partial charge >= 0.3 is 0 Å². The summed E-state index contributed by atoms with van der Waals surface area (Å²) in [5, 5.41) is 10.5. The van der Waals surface area contributed by atoms with Crippen molar-refractivity contribution in [3.63, 3.8) is 0 Å². The summed E-state index contributed by atoms with van der Waals surface area (Å²) in [6.07, 6.45) is 5.29. The van der Waals surface area contributed by atoms with Crippen LogP contribution in [0, 0.1) is 12.7 Å². The number of rotatable bonds is 5. The molecule has 0 aliphatic heterocycles. The fourth-order valence-electron chi connectivity index (χ4n) is 2.76. The molecule has 4 rings (SSSR count). The van der Waals surface area contributed by atoms with E-state index in [2.05, 4.69) is 20.6 Å². The molecule has 0 atom stereocenters. The fraction of sp³-hybridized carbons (Fsp3) is 0.158. The molecule has 27 heavy (non-hydrogen) atoms. The Morgan fingerprint density at radius 2 is 2.07 bits per heavy atom. The number of aryl methyl sites for hydroxylation is 1. The summed E-state index contributed by atoms with van der Waals surface area (Å²) in [5.74, 6) is -0.677. The molecule has 0 aliphatic carbocycles. The zero-order valence-electron chi connectivity index (χ0n) is 14.6. The summed E-state index contributed by atoms with van der Waals surface area (Å²) in [4.78, 5) is 16.8. The third kappa shape index (κ3) is 3.69. The summed E-state index contributed by atoms with van der Waals surface area (Å²) >= 11 is 0. The number of imidazole rings is 1. The minimum absolute atomic E-state index is 0.172. The van der Waals surface area contributed by atoms with E-state index in [0.29, 0.717) is 5.56 Å². The molecule has 8 heteroatoms. The van der Waals surface area contributed by atoms with Gasteiger partial charge in [-0.3, -0.25) is 4.79 Å². The van der Waals surface area contributed by atoms with Crippen LogP contribution in [0.5, 0.6) is 0 Å². The summed E-state index contributed by atoms with van der Waals surface area (Å²) in [6.45, 7) is 2.49. The van der Waals surface area contributed by atoms with Crippen LogP contribution in [0.1, 0.15) is 27.3 Å². The molecule has 7 nitrogen and oxygen atoms in total. The van der Waals surface area contributed by atoms with Crippen molar-refractivity contribution < 1.29 is 9.18 Å². The van der Waals surface area contributed by atoms with Gasteiger partial charge in [-0.15, -0.1) is 5.10 Å². The van der Waals surface area contributed by atoms with Crippen LogP contribution in [-0.4, -0.2) is 30.3 Å². The van der Waals surface area contributed by atoms with Crippen LogP contribution in [0.3, 0.4) is 0 Å². The maximum Gasteiger partial charge on any atom is 0.273 e. The standard InChI is InChI=1S/C19H17FN6O/c1-13-6-7-25-11-15(22-18(25)8-13)9-21-19(27)17-12-26(24-23-17)10-14-4-2-3-5-16(14)20/h2-8,11-12H,9-10H2,1H3,(H,21,27). The van der Waals surface area contributed by atoms with Crippen molar-refractivity contribution in [3.05, 3.63) is 83.3 Å². The van der Waals surface area contributed by atoms with Crippen molar-refractivity contribution in [2.75, 3.05) is 0 Å². The Hall–Kier alpha value is -3.55. The first-order chi connectivity index (χ1) is 13.1. The van der Waals surface area contributed by atoms with Gasteiger partial charge in [0.05, 0.1) is 25.0 Å². The van der Waals surface area contributed by atoms with Gasteiger partial charge in [0, 0.05) is 18.0 Å². The Morgan fingerprint density at radius 1 is 1.22 bits per heavy atom. The number of halogens is 1. The van der Waals surface area contributed by atoms with Gasteiger partial charge in [-0.1, -0.05) is 23.4 Å². The first-order valence-corrected chi connectivity index (χ1v) is 8.44. The molecular weight excluding hydrogens is 347 g/mol. The number of aromatic nitrogens is 5. The lowest BCUT2D eigenvalue weighted by Gasteiger charge is -2.02. The van der Waals surface area contributed by atoms with Crippen molar-refractivity contribution in [3.8, 4) is 0 Å². The number of amides is 1. The van der Waals surface area contributed by atoms with Crippen molar-refractivity contribution >= 4 is 11.6 Å².